The lowest BCUT2D eigenvalue weighted by Gasteiger charge is -2.35. The zero-order chi connectivity index (χ0) is 13.1. The predicted molar refractivity (Wildman–Crippen MR) is 76.5 cm³/mol. The largest absolute Gasteiger partial charge is 0.353 e. The molecular formula is C12H16N6S. The summed E-state index contributed by atoms with van der Waals surface area (Å²) in [6.07, 6.45) is 3.46. The van der Waals surface area contributed by atoms with Crippen molar-refractivity contribution in [1.82, 2.24) is 14.3 Å². The molecule has 1 aliphatic heterocycles. The van der Waals surface area contributed by atoms with Crippen molar-refractivity contribution >= 4 is 22.5 Å². The van der Waals surface area contributed by atoms with Gasteiger partial charge in [-0.05, 0) is 11.6 Å². The number of pyridine rings is 1. The molecule has 0 amide bonds. The summed E-state index contributed by atoms with van der Waals surface area (Å²) in [7, 11) is 0. The van der Waals surface area contributed by atoms with E-state index in [-0.39, 0.29) is 0 Å². The number of nitrogens with zero attached hydrogens (tertiary/aromatic N) is 5. The average Bonchev–Trinajstić information content (AvgIpc) is 3.02. The highest BCUT2D eigenvalue weighted by atomic mass is 32.1. The molecule has 3 rings (SSSR count). The van der Waals surface area contributed by atoms with Gasteiger partial charge in [-0.25, -0.2) is 9.97 Å². The van der Waals surface area contributed by atoms with E-state index >= 15 is 0 Å². The third kappa shape index (κ3) is 2.66. The van der Waals surface area contributed by atoms with Crippen LogP contribution in [-0.4, -0.2) is 40.5 Å². The zero-order valence-electron chi connectivity index (χ0n) is 10.6. The first-order valence-corrected chi connectivity index (χ1v) is 7.06. The number of piperazine rings is 1. The Balaban J connectivity index is 1.63. The minimum atomic E-state index is 0.540. The molecule has 0 saturated carbocycles. The van der Waals surface area contributed by atoms with Gasteiger partial charge in [0.15, 0.2) is 0 Å². The highest BCUT2D eigenvalue weighted by Crippen LogP contribution is 2.19. The minimum absolute atomic E-state index is 0.540. The lowest BCUT2D eigenvalue weighted by atomic mass is 10.2. The number of hydrogen-bond donors (Lipinski definition) is 1. The van der Waals surface area contributed by atoms with Gasteiger partial charge in [0.05, 0.1) is 0 Å². The molecule has 1 saturated heterocycles. The van der Waals surface area contributed by atoms with Crippen molar-refractivity contribution in [2.45, 2.75) is 6.54 Å². The Morgan fingerprint density at radius 1 is 1.11 bits per heavy atom. The Morgan fingerprint density at radius 2 is 1.89 bits per heavy atom. The molecule has 6 nitrogen and oxygen atoms in total. The molecule has 0 spiro atoms. The number of rotatable bonds is 3. The molecule has 0 atom stereocenters. The monoisotopic (exact) mass is 276 g/mol. The average molecular weight is 276 g/mol. The van der Waals surface area contributed by atoms with Crippen molar-refractivity contribution < 1.29 is 0 Å². The fourth-order valence-electron chi connectivity index (χ4n) is 2.16. The molecular weight excluding hydrogens is 260 g/mol. The van der Waals surface area contributed by atoms with E-state index in [1.165, 1.54) is 11.5 Å². The van der Waals surface area contributed by atoms with E-state index in [9.17, 15) is 0 Å². The highest BCUT2D eigenvalue weighted by Gasteiger charge is 2.19. The summed E-state index contributed by atoms with van der Waals surface area (Å²) in [6, 6.07) is 4.09. The summed E-state index contributed by atoms with van der Waals surface area (Å²) in [5.41, 5.74) is 6.64. The van der Waals surface area contributed by atoms with Gasteiger partial charge in [0.2, 0.25) is 5.13 Å². The second-order valence-corrected chi connectivity index (χ2v) is 5.19. The van der Waals surface area contributed by atoms with Crippen molar-refractivity contribution in [2.75, 3.05) is 36.0 Å². The van der Waals surface area contributed by atoms with Crippen LogP contribution in [0.3, 0.4) is 0 Å². The van der Waals surface area contributed by atoms with Crippen molar-refractivity contribution in [3.8, 4) is 0 Å². The topological polar surface area (TPSA) is 71.2 Å². The normalized spacial score (nSPS) is 15.8. The van der Waals surface area contributed by atoms with E-state index in [4.69, 9.17) is 5.73 Å². The SMILES string of the molecule is NCc1ccc(N2CCN(c3ncns3)CC2)nc1. The maximum Gasteiger partial charge on any atom is 0.205 e. The molecule has 19 heavy (non-hydrogen) atoms. The first-order chi connectivity index (χ1) is 9.36. The van der Waals surface area contributed by atoms with Crippen molar-refractivity contribution in [1.29, 1.82) is 0 Å². The van der Waals surface area contributed by atoms with Gasteiger partial charge in [0.1, 0.15) is 12.1 Å². The van der Waals surface area contributed by atoms with Crippen LogP contribution in [-0.2, 0) is 6.54 Å². The van der Waals surface area contributed by atoms with Crippen LogP contribution in [0, 0.1) is 0 Å². The van der Waals surface area contributed by atoms with Crippen LogP contribution in [0.4, 0.5) is 10.9 Å². The number of aromatic nitrogens is 3. The molecule has 7 heteroatoms. The van der Waals surface area contributed by atoms with E-state index in [0.29, 0.717) is 6.54 Å². The molecule has 2 aromatic heterocycles. The minimum Gasteiger partial charge on any atom is -0.353 e. The summed E-state index contributed by atoms with van der Waals surface area (Å²) >= 11 is 1.45. The smallest absolute Gasteiger partial charge is 0.205 e. The molecule has 2 aromatic rings. The van der Waals surface area contributed by atoms with E-state index < -0.39 is 0 Å². The van der Waals surface area contributed by atoms with Crippen LogP contribution in [0.2, 0.25) is 0 Å². The maximum absolute atomic E-state index is 5.58. The molecule has 2 N–H and O–H groups in total. The second-order valence-electron chi connectivity index (χ2n) is 4.43. The lowest BCUT2D eigenvalue weighted by Crippen LogP contribution is -2.46. The summed E-state index contributed by atoms with van der Waals surface area (Å²) < 4.78 is 4.04. The Kier molecular flexibility index (Phi) is 3.56. The molecule has 1 fully saturated rings. The van der Waals surface area contributed by atoms with Gasteiger partial charge >= 0.3 is 0 Å². The zero-order valence-corrected chi connectivity index (χ0v) is 11.4. The van der Waals surface area contributed by atoms with Crippen molar-refractivity contribution in [3.05, 3.63) is 30.2 Å². The quantitative estimate of drug-likeness (QED) is 0.890. The third-order valence-corrected chi connectivity index (χ3v) is 4.00. The highest BCUT2D eigenvalue weighted by molar-refractivity contribution is 7.09. The maximum atomic E-state index is 5.58. The van der Waals surface area contributed by atoms with Gasteiger partial charge in [-0.2, -0.15) is 4.37 Å². The Morgan fingerprint density at radius 3 is 2.47 bits per heavy atom. The molecule has 100 valence electrons. The molecule has 0 unspecified atom stereocenters. The van der Waals surface area contributed by atoms with Gasteiger partial charge in [-0.1, -0.05) is 6.07 Å². The molecule has 0 aromatic carbocycles. The van der Waals surface area contributed by atoms with Crippen LogP contribution in [0.15, 0.2) is 24.7 Å². The molecule has 0 radical (unpaired) electrons. The molecule has 0 bridgehead atoms. The third-order valence-electron chi connectivity index (χ3n) is 3.27. The summed E-state index contributed by atoms with van der Waals surface area (Å²) in [4.78, 5) is 13.3. The first kappa shape index (κ1) is 12.3. The molecule has 0 aliphatic carbocycles. The predicted octanol–water partition coefficient (Wildman–Crippen LogP) is 0.718. The van der Waals surface area contributed by atoms with E-state index in [0.717, 1.165) is 42.7 Å². The lowest BCUT2D eigenvalue weighted by molar-refractivity contribution is 0.646. The molecule has 1 aliphatic rings. The molecule has 3 heterocycles. The van der Waals surface area contributed by atoms with Gasteiger partial charge < -0.3 is 15.5 Å². The van der Waals surface area contributed by atoms with E-state index in [1.807, 2.05) is 18.3 Å². The van der Waals surface area contributed by atoms with Crippen LogP contribution >= 0.6 is 11.5 Å². The second kappa shape index (κ2) is 5.50. The number of hydrogen-bond acceptors (Lipinski definition) is 7. The fourth-order valence-corrected chi connectivity index (χ4v) is 2.74. The van der Waals surface area contributed by atoms with Gasteiger partial charge in [-0.3, -0.25) is 0 Å². The number of anilines is 2. The van der Waals surface area contributed by atoms with E-state index in [2.05, 4.69) is 24.1 Å². The van der Waals surface area contributed by atoms with E-state index in [1.54, 1.807) is 6.33 Å². The Bertz CT molecular complexity index is 504. The van der Waals surface area contributed by atoms with Crippen LogP contribution < -0.4 is 15.5 Å². The first-order valence-electron chi connectivity index (χ1n) is 6.28. The van der Waals surface area contributed by atoms with Crippen LogP contribution in [0.1, 0.15) is 5.56 Å². The number of nitrogens with two attached hydrogens (primary N) is 1. The van der Waals surface area contributed by atoms with Gasteiger partial charge in [-0.15, -0.1) is 0 Å². The standard InChI is InChI=1S/C12H16N6S/c13-7-10-1-2-11(14-8-10)17-3-5-18(6-4-17)12-15-9-16-19-12/h1-2,8-9H,3-7,13H2. The van der Waals surface area contributed by atoms with Crippen LogP contribution in [0.25, 0.3) is 0 Å². The van der Waals surface area contributed by atoms with Crippen molar-refractivity contribution in [2.24, 2.45) is 5.73 Å². The van der Waals surface area contributed by atoms with Gasteiger partial charge in [0.25, 0.3) is 0 Å². The van der Waals surface area contributed by atoms with Gasteiger partial charge in [0, 0.05) is 50.5 Å². The Labute approximate surface area is 116 Å². The summed E-state index contributed by atoms with van der Waals surface area (Å²) in [5.74, 6) is 1.02. The van der Waals surface area contributed by atoms with Crippen LogP contribution in [0.5, 0.6) is 0 Å². The summed E-state index contributed by atoms with van der Waals surface area (Å²) in [5, 5.41) is 1.01. The summed E-state index contributed by atoms with van der Waals surface area (Å²) in [6.45, 7) is 4.35. The fraction of sp³-hybridized carbons (Fsp3) is 0.417. The van der Waals surface area contributed by atoms with Crippen molar-refractivity contribution in [3.63, 3.8) is 0 Å². The Hall–Kier alpha value is -1.73.